The lowest BCUT2D eigenvalue weighted by atomic mass is 10.3. The van der Waals surface area contributed by atoms with E-state index in [2.05, 4.69) is 25.5 Å². The van der Waals surface area contributed by atoms with Crippen LogP contribution in [0.25, 0.3) is 5.69 Å². The van der Waals surface area contributed by atoms with Gasteiger partial charge in [-0.05, 0) is 36.4 Å². The second kappa shape index (κ2) is 10.9. The van der Waals surface area contributed by atoms with Crippen molar-refractivity contribution in [3.05, 3.63) is 66.5 Å². The third-order valence-corrected chi connectivity index (χ3v) is 7.29. The number of nitrogen functional groups attached to an aromatic ring is 2. The van der Waals surface area contributed by atoms with Crippen molar-refractivity contribution in [2.45, 2.75) is 21.0 Å². The van der Waals surface area contributed by atoms with Gasteiger partial charge in [0.2, 0.25) is 15.9 Å². The minimum Gasteiger partial charge on any atom is -0.383 e. The van der Waals surface area contributed by atoms with Gasteiger partial charge >= 0.3 is 0 Å². The van der Waals surface area contributed by atoms with Crippen molar-refractivity contribution >= 4 is 56.8 Å². The maximum atomic E-state index is 12.5. The summed E-state index contributed by atoms with van der Waals surface area (Å²) in [6.07, 6.45) is 0. The summed E-state index contributed by atoms with van der Waals surface area (Å²) in [6, 6.07) is 16.5. The number of benzene rings is 2. The largest absolute Gasteiger partial charge is 0.383 e. The van der Waals surface area contributed by atoms with Gasteiger partial charge < -0.3 is 16.8 Å². The molecule has 0 radical (unpaired) electrons. The number of thioether (sulfide) groups is 2. The quantitative estimate of drug-likeness (QED) is 0.178. The molecule has 186 valence electrons. The summed E-state index contributed by atoms with van der Waals surface area (Å²) in [4.78, 5) is 20.8. The summed E-state index contributed by atoms with van der Waals surface area (Å²) in [6.45, 7) is 0. The maximum Gasteiger partial charge on any atom is 0.238 e. The molecule has 12 nitrogen and oxygen atoms in total. The van der Waals surface area contributed by atoms with Gasteiger partial charge in [0, 0.05) is 17.4 Å². The number of carbonyl (C=O) groups is 1. The van der Waals surface area contributed by atoms with Gasteiger partial charge in [-0.15, -0.1) is 10.2 Å². The summed E-state index contributed by atoms with van der Waals surface area (Å²) in [5.74, 6) is 1.30. The molecule has 0 spiro atoms. The molecular formula is C21H21N9O3S3. The number of sulfonamides is 1. The Labute approximate surface area is 215 Å². The number of nitrogens with two attached hydrogens (primary N) is 3. The third kappa shape index (κ3) is 6.51. The molecule has 0 atom stereocenters. The number of carbonyl (C=O) groups excluding carboxylic acids is 1. The van der Waals surface area contributed by atoms with E-state index in [1.165, 1.54) is 53.9 Å². The van der Waals surface area contributed by atoms with E-state index >= 15 is 0 Å². The molecule has 2 aromatic heterocycles. The molecule has 0 unspecified atom stereocenters. The summed E-state index contributed by atoms with van der Waals surface area (Å²) in [7, 11) is -3.81. The zero-order valence-electron chi connectivity index (χ0n) is 18.6. The minimum atomic E-state index is -3.81. The van der Waals surface area contributed by atoms with Gasteiger partial charge in [-0.2, -0.15) is 0 Å². The van der Waals surface area contributed by atoms with Crippen LogP contribution in [0, 0.1) is 0 Å². The smallest absolute Gasteiger partial charge is 0.238 e. The van der Waals surface area contributed by atoms with Gasteiger partial charge in [0.05, 0.1) is 16.4 Å². The van der Waals surface area contributed by atoms with E-state index in [0.29, 0.717) is 27.6 Å². The number of nitrogens with one attached hydrogen (secondary N) is 1. The molecule has 15 heteroatoms. The number of hydrogen-bond acceptors (Lipinski definition) is 11. The molecule has 4 aromatic rings. The van der Waals surface area contributed by atoms with Crippen LogP contribution in [0.3, 0.4) is 0 Å². The first kappa shape index (κ1) is 25.4. The number of aromatic nitrogens is 5. The summed E-state index contributed by atoms with van der Waals surface area (Å²) >= 11 is 2.51. The molecule has 36 heavy (non-hydrogen) atoms. The Kier molecular flexibility index (Phi) is 7.73. The van der Waals surface area contributed by atoms with Crippen molar-refractivity contribution < 1.29 is 13.2 Å². The minimum absolute atomic E-state index is 0.0393. The number of amides is 1. The van der Waals surface area contributed by atoms with Gasteiger partial charge in [-0.3, -0.25) is 9.36 Å². The van der Waals surface area contributed by atoms with Crippen LogP contribution in [0.15, 0.2) is 75.9 Å². The number of anilines is 3. The first-order valence-electron chi connectivity index (χ1n) is 10.3. The lowest BCUT2D eigenvalue weighted by Crippen LogP contribution is -2.15. The highest BCUT2D eigenvalue weighted by molar-refractivity contribution is 7.99. The topological polar surface area (TPSA) is 198 Å². The van der Waals surface area contributed by atoms with Gasteiger partial charge in [-0.25, -0.2) is 23.5 Å². The van der Waals surface area contributed by atoms with Crippen LogP contribution in [0.2, 0.25) is 0 Å². The number of hydrogen-bond donors (Lipinski definition) is 4. The molecule has 0 aliphatic carbocycles. The van der Waals surface area contributed by atoms with E-state index in [4.69, 9.17) is 16.6 Å². The predicted molar refractivity (Wildman–Crippen MR) is 139 cm³/mol. The van der Waals surface area contributed by atoms with Crippen molar-refractivity contribution in [2.24, 2.45) is 5.14 Å². The van der Waals surface area contributed by atoms with E-state index in [0.717, 1.165) is 5.69 Å². The normalized spacial score (nSPS) is 11.4. The molecule has 0 fully saturated rings. The Morgan fingerprint density at radius 1 is 0.944 bits per heavy atom. The van der Waals surface area contributed by atoms with Crippen molar-refractivity contribution in [3.63, 3.8) is 0 Å². The van der Waals surface area contributed by atoms with Crippen LogP contribution in [0.1, 0.15) is 5.82 Å². The van der Waals surface area contributed by atoms with Crippen molar-refractivity contribution in [1.29, 1.82) is 0 Å². The lowest BCUT2D eigenvalue weighted by molar-refractivity contribution is -0.113. The van der Waals surface area contributed by atoms with Crippen LogP contribution >= 0.6 is 23.5 Å². The molecule has 2 aromatic carbocycles. The van der Waals surface area contributed by atoms with E-state index in [9.17, 15) is 13.2 Å². The van der Waals surface area contributed by atoms with Crippen LogP contribution in [0.4, 0.5) is 17.3 Å². The number of primary sulfonamides is 1. The lowest BCUT2D eigenvalue weighted by Gasteiger charge is -2.10. The molecule has 0 aliphatic heterocycles. The summed E-state index contributed by atoms with van der Waals surface area (Å²) in [5, 5.41) is 17.3. The number of nitrogens with zero attached hydrogens (tertiary/aromatic N) is 5. The zero-order chi connectivity index (χ0) is 25.7. The summed E-state index contributed by atoms with van der Waals surface area (Å²) in [5.41, 5.74) is 12.8. The van der Waals surface area contributed by atoms with Crippen molar-refractivity contribution in [1.82, 2.24) is 24.7 Å². The van der Waals surface area contributed by atoms with Gasteiger partial charge in [0.15, 0.2) is 10.3 Å². The first-order valence-corrected chi connectivity index (χ1v) is 13.8. The Bertz CT molecular complexity index is 1460. The Balaban J connectivity index is 1.47. The molecular weight excluding hydrogens is 522 g/mol. The van der Waals surface area contributed by atoms with Crippen LogP contribution in [0.5, 0.6) is 0 Å². The predicted octanol–water partition coefficient (Wildman–Crippen LogP) is 1.89. The average Bonchev–Trinajstić information content (AvgIpc) is 3.24. The van der Waals surface area contributed by atoms with E-state index in [-0.39, 0.29) is 28.2 Å². The molecule has 7 N–H and O–H groups in total. The van der Waals surface area contributed by atoms with E-state index in [1.54, 1.807) is 0 Å². The molecule has 0 bridgehead atoms. The Morgan fingerprint density at radius 2 is 1.61 bits per heavy atom. The standard InChI is InChI=1S/C21H21N9O3S3/c22-16-10-17(23)27-20(26-16)34-11-18-28-29-21(30(18)14-4-2-1-3-5-14)35-12-19(31)25-13-6-8-15(9-7-13)36(24,32)33/h1-10H,11-12H2,(H,25,31)(H2,24,32,33)(H4,22,23,26,27). The van der Waals surface area contributed by atoms with Crippen LogP contribution < -0.4 is 21.9 Å². The Hall–Kier alpha value is -3.66. The molecule has 4 rings (SSSR count). The summed E-state index contributed by atoms with van der Waals surface area (Å²) < 4.78 is 24.6. The van der Waals surface area contributed by atoms with Gasteiger partial charge in [0.25, 0.3) is 0 Å². The number of para-hydroxylation sites is 1. The fourth-order valence-corrected chi connectivity index (χ4v) is 5.11. The second-order valence-electron chi connectivity index (χ2n) is 7.26. The highest BCUT2D eigenvalue weighted by Gasteiger charge is 2.17. The van der Waals surface area contributed by atoms with Crippen molar-refractivity contribution in [2.75, 3.05) is 22.5 Å². The fraction of sp³-hybridized carbons (Fsp3) is 0.0952. The van der Waals surface area contributed by atoms with E-state index in [1.807, 2.05) is 34.9 Å². The van der Waals surface area contributed by atoms with Gasteiger partial charge in [-0.1, -0.05) is 41.7 Å². The van der Waals surface area contributed by atoms with E-state index < -0.39 is 10.0 Å². The first-order chi connectivity index (χ1) is 17.2. The SMILES string of the molecule is Nc1cc(N)nc(SCc2nnc(SCC(=O)Nc3ccc(S(N)(=O)=O)cc3)n2-c2ccccc2)n1. The second-order valence-corrected chi connectivity index (χ2v) is 10.7. The fourth-order valence-electron chi connectivity index (χ4n) is 3.03. The molecule has 0 aliphatic rings. The van der Waals surface area contributed by atoms with Crippen LogP contribution in [-0.4, -0.2) is 44.8 Å². The molecule has 0 saturated carbocycles. The van der Waals surface area contributed by atoms with Crippen molar-refractivity contribution in [3.8, 4) is 5.69 Å². The molecule has 2 heterocycles. The Morgan fingerprint density at radius 3 is 2.25 bits per heavy atom. The third-order valence-electron chi connectivity index (χ3n) is 4.59. The van der Waals surface area contributed by atoms with Gasteiger partial charge in [0.1, 0.15) is 17.5 Å². The molecule has 1 amide bonds. The average molecular weight is 544 g/mol. The van der Waals surface area contributed by atoms with Crippen LogP contribution in [-0.2, 0) is 20.6 Å². The monoisotopic (exact) mass is 543 g/mol. The highest BCUT2D eigenvalue weighted by Crippen LogP contribution is 2.27. The zero-order valence-corrected chi connectivity index (χ0v) is 21.1. The number of rotatable bonds is 9. The maximum absolute atomic E-state index is 12.5. The highest BCUT2D eigenvalue weighted by atomic mass is 32.2. The molecule has 0 saturated heterocycles.